The molecule has 1 heterocycles. The molecule has 1 aliphatic heterocycles. The Morgan fingerprint density at radius 3 is 2.32 bits per heavy atom. The van der Waals surface area contributed by atoms with Crippen molar-refractivity contribution in [2.75, 3.05) is 10.6 Å². The molecular formula is C26H24ClN3O3S. The predicted octanol–water partition coefficient (Wildman–Crippen LogP) is 5.88. The number of carboxylic acid groups (broad SMARTS) is 1. The van der Waals surface area contributed by atoms with Gasteiger partial charge in [0.1, 0.15) is 6.04 Å². The van der Waals surface area contributed by atoms with Crippen LogP contribution in [0.3, 0.4) is 0 Å². The number of carboxylic acids is 1. The molecule has 3 N–H and O–H groups in total. The van der Waals surface area contributed by atoms with Crippen molar-refractivity contribution in [3.63, 3.8) is 0 Å². The molecule has 1 amide bonds. The molecule has 1 atom stereocenters. The van der Waals surface area contributed by atoms with Crippen molar-refractivity contribution in [3.05, 3.63) is 82.9 Å². The van der Waals surface area contributed by atoms with Crippen LogP contribution < -0.4 is 10.6 Å². The summed E-state index contributed by atoms with van der Waals surface area (Å²) in [6.07, 6.45) is 0. The van der Waals surface area contributed by atoms with Gasteiger partial charge in [0, 0.05) is 28.5 Å². The van der Waals surface area contributed by atoms with Crippen LogP contribution in [0, 0.1) is 5.92 Å². The molecule has 8 heteroatoms. The predicted molar refractivity (Wildman–Crippen MR) is 139 cm³/mol. The summed E-state index contributed by atoms with van der Waals surface area (Å²) in [4.78, 5) is 26.0. The van der Waals surface area contributed by atoms with Gasteiger partial charge in [-0.3, -0.25) is 4.79 Å². The molecule has 0 aromatic heterocycles. The summed E-state index contributed by atoms with van der Waals surface area (Å²) in [5.74, 6) is -1.40. The van der Waals surface area contributed by atoms with Gasteiger partial charge in [0.15, 0.2) is 5.11 Å². The fourth-order valence-electron chi connectivity index (χ4n) is 4.13. The second kappa shape index (κ2) is 9.83. The molecular weight excluding hydrogens is 470 g/mol. The highest BCUT2D eigenvalue weighted by molar-refractivity contribution is 7.80. The molecule has 174 valence electrons. The van der Waals surface area contributed by atoms with E-state index in [4.69, 9.17) is 23.8 Å². The molecule has 0 aliphatic carbocycles. The van der Waals surface area contributed by atoms with Gasteiger partial charge in [0.2, 0.25) is 0 Å². The third-order valence-corrected chi connectivity index (χ3v) is 6.16. The van der Waals surface area contributed by atoms with Crippen molar-refractivity contribution in [3.8, 4) is 11.1 Å². The molecule has 0 saturated carbocycles. The van der Waals surface area contributed by atoms with Gasteiger partial charge < -0.3 is 20.6 Å². The zero-order chi connectivity index (χ0) is 24.4. The monoisotopic (exact) mass is 493 g/mol. The number of nitrogens with one attached hydrogen (secondary N) is 2. The van der Waals surface area contributed by atoms with Crippen LogP contribution in [0.4, 0.5) is 11.4 Å². The van der Waals surface area contributed by atoms with Crippen molar-refractivity contribution >= 4 is 52.2 Å². The Labute approximate surface area is 208 Å². The first kappa shape index (κ1) is 23.7. The highest BCUT2D eigenvalue weighted by atomic mass is 35.5. The number of aliphatic carboxylic acids is 1. The van der Waals surface area contributed by atoms with E-state index in [1.807, 2.05) is 62.4 Å². The molecule has 3 aromatic rings. The van der Waals surface area contributed by atoms with Gasteiger partial charge in [-0.25, -0.2) is 4.79 Å². The lowest BCUT2D eigenvalue weighted by Crippen LogP contribution is -2.44. The summed E-state index contributed by atoms with van der Waals surface area (Å²) in [7, 11) is 0. The number of carbonyl (C=O) groups is 2. The van der Waals surface area contributed by atoms with Crippen LogP contribution in [-0.2, 0) is 11.3 Å². The molecule has 0 fully saturated rings. The van der Waals surface area contributed by atoms with Crippen LogP contribution in [-0.4, -0.2) is 33.0 Å². The van der Waals surface area contributed by atoms with Gasteiger partial charge in [-0.2, -0.15) is 0 Å². The third kappa shape index (κ3) is 5.05. The number of nitrogens with zero attached hydrogens (tertiary/aromatic N) is 1. The fourth-order valence-corrected chi connectivity index (χ4v) is 4.56. The number of carbonyl (C=O) groups excluding carboxylic acids is 1. The Balaban J connectivity index is 1.46. The smallest absolute Gasteiger partial charge is 0.326 e. The largest absolute Gasteiger partial charge is 0.480 e. The summed E-state index contributed by atoms with van der Waals surface area (Å²) >= 11 is 11.4. The molecule has 0 unspecified atom stereocenters. The highest BCUT2D eigenvalue weighted by Crippen LogP contribution is 2.31. The number of fused-ring (bicyclic) bond motifs is 1. The summed E-state index contributed by atoms with van der Waals surface area (Å²) in [6.45, 7) is 3.92. The van der Waals surface area contributed by atoms with Gasteiger partial charge in [-0.1, -0.05) is 49.7 Å². The van der Waals surface area contributed by atoms with Crippen molar-refractivity contribution in [2.24, 2.45) is 5.92 Å². The van der Waals surface area contributed by atoms with Gasteiger partial charge in [-0.15, -0.1) is 0 Å². The highest BCUT2D eigenvalue weighted by Gasteiger charge is 2.38. The summed E-state index contributed by atoms with van der Waals surface area (Å²) in [5.41, 5.74) is 4.95. The normalized spacial score (nSPS) is 13.5. The Morgan fingerprint density at radius 1 is 1.00 bits per heavy atom. The zero-order valence-corrected chi connectivity index (χ0v) is 20.3. The lowest BCUT2D eigenvalue weighted by Gasteiger charge is -2.27. The Morgan fingerprint density at radius 2 is 1.68 bits per heavy atom. The molecule has 6 nitrogen and oxygen atoms in total. The van der Waals surface area contributed by atoms with E-state index >= 15 is 0 Å². The van der Waals surface area contributed by atoms with Gasteiger partial charge in [-0.05, 0) is 77.3 Å². The number of thiocarbonyl (C=S) groups is 1. The van der Waals surface area contributed by atoms with Crippen LogP contribution in [0.25, 0.3) is 11.1 Å². The average molecular weight is 494 g/mol. The first-order chi connectivity index (χ1) is 16.2. The van der Waals surface area contributed by atoms with Gasteiger partial charge >= 0.3 is 5.97 Å². The number of hydrogen-bond donors (Lipinski definition) is 3. The maximum Gasteiger partial charge on any atom is 0.326 e. The van der Waals surface area contributed by atoms with Crippen molar-refractivity contribution < 1.29 is 14.7 Å². The second-order valence-corrected chi connectivity index (χ2v) is 9.34. The number of amides is 1. The van der Waals surface area contributed by atoms with Crippen molar-refractivity contribution in [1.82, 2.24) is 4.90 Å². The van der Waals surface area contributed by atoms with Crippen LogP contribution in [0.2, 0.25) is 5.02 Å². The standard InChI is InChI=1S/C26H24ClN3O3S/c1-15(2)23(25(32)33)30-14-18-12-17(8-11-22(18)24(30)31)16-6-9-20(10-7-16)28-26(34)29-21-5-3-4-19(27)13-21/h3-13,15,23H,14H2,1-2H3,(H,32,33)(H2,28,29,34)/t23-/m0/s1. The minimum Gasteiger partial charge on any atom is -0.480 e. The average Bonchev–Trinajstić information content (AvgIpc) is 3.09. The number of anilines is 2. The van der Waals surface area contributed by atoms with E-state index in [0.717, 1.165) is 28.1 Å². The number of benzene rings is 3. The second-order valence-electron chi connectivity index (χ2n) is 8.50. The lowest BCUT2D eigenvalue weighted by atomic mass is 10.0. The SMILES string of the molecule is CC(C)[C@@H](C(=O)O)N1Cc2cc(-c3ccc(NC(=S)Nc4cccc(Cl)c4)cc3)ccc2C1=O. The topological polar surface area (TPSA) is 81.7 Å². The van der Waals surface area contributed by atoms with Crippen molar-refractivity contribution in [1.29, 1.82) is 0 Å². The van der Waals surface area contributed by atoms with Crippen LogP contribution in [0.5, 0.6) is 0 Å². The fraction of sp³-hybridized carbons (Fsp3) is 0.192. The van der Waals surface area contributed by atoms with E-state index in [1.54, 1.807) is 18.2 Å². The van der Waals surface area contributed by atoms with E-state index in [0.29, 0.717) is 22.2 Å². The van der Waals surface area contributed by atoms with Crippen LogP contribution in [0.15, 0.2) is 66.7 Å². The van der Waals surface area contributed by atoms with Gasteiger partial charge in [0.05, 0.1) is 0 Å². The van der Waals surface area contributed by atoms with E-state index in [2.05, 4.69) is 10.6 Å². The quantitative estimate of drug-likeness (QED) is 0.372. The molecule has 0 radical (unpaired) electrons. The summed E-state index contributed by atoms with van der Waals surface area (Å²) in [6, 6.07) is 19.9. The number of hydrogen-bond acceptors (Lipinski definition) is 3. The summed E-state index contributed by atoms with van der Waals surface area (Å²) in [5, 5.41) is 16.9. The first-order valence-electron chi connectivity index (χ1n) is 10.8. The Bertz CT molecular complexity index is 1260. The maximum absolute atomic E-state index is 12.8. The maximum atomic E-state index is 12.8. The van der Waals surface area contributed by atoms with E-state index in [9.17, 15) is 14.7 Å². The van der Waals surface area contributed by atoms with E-state index in [1.165, 1.54) is 4.90 Å². The summed E-state index contributed by atoms with van der Waals surface area (Å²) < 4.78 is 0. The minimum atomic E-state index is -0.984. The third-order valence-electron chi connectivity index (χ3n) is 5.72. The molecule has 0 spiro atoms. The molecule has 4 rings (SSSR count). The van der Waals surface area contributed by atoms with Crippen LogP contribution in [0.1, 0.15) is 29.8 Å². The molecule has 0 bridgehead atoms. The number of halogens is 1. The minimum absolute atomic E-state index is 0.185. The van der Waals surface area contributed by atoms with E-state index in [-0.39, 0.29) is 11.8 Å². The Hall–Kier alpha value is -3.42. The van der Waals surface area contributed by atoms with Crippen LogP contribution >= 0.6 is 23.8 Å². The molecule has 0 saturated heterocycles. The van der Waals surface area contributed by atoms with Gasteiger partial charge in [0.25, 0.3) is 5.91 Å². The Kier molecular flexibility index (Phi) is 6.86. The number of rotatable bonds is 6. The molecule has 3 aromatic carbocycles. The molecule has 1 aliphatic rings. The first-order valence-corrected chi connectivity index (χ1v) is 11.6. The van der Waals surface area contributed by atoms with E-state index < -0.39 is 12.0 Å². The lowest BCUT2D eigenvalue weighted by molar-refractivity contribution is -0.144. The molecule has 34 heavy (non-hydrogen) atoms. The van der Waals surface area contributed by atoms with Crippen molar-refractivity contribution in [2.45, 2.75) is 26.4 Å². The zero-order valence-electron chi connectivity index (χ0n) is 18.7.